The van der Waals surface area contributed by atoms with Crippen LogP contribution >= 0.6 is 0 Å². The molecule has 168 valence electrons. The molecule has 0 heterocycles. The minimum Gasteiger partial charge on any atom is -0.508 e. The molecule has 2 N–H and O–H groups in total. The predicted octanol–water partition coefficient (Wildman–Crippen LogP) is 5.53. The van der Waals surface area contributed by atoms with Crippen LogP contribution in [0.15, 0.2) is 66.2 Å². The van der Waals surface area contributed by atoms with Gasteiger partial charge in [0.15, 0.2) is 11.5 Å². The van der Waals surface area contributed by atoms with Crippen LogP contribution in [0.2, 0.25) is 0 Å². The van der Waals surface area contributed by atoms with Crippen LogP contribution in [-0.2, 0) is 11.4 Å². The van der Waals surface area contributed by atoms with E-state index in [0.717, 1.165) is 5.56 Å². The number of aryl methyl sites for hydroxylation is 2. The Morgan fingerprint density at radius 1 is 1.00 bits per heavy atom. The monoisotopic (exact) mass is 442 g/mol. The summed E-state index contributed by atoms with van der Waals surface area (Å²) < 4.78 is 11.7. The van der Waals surface area contributed by atoms with Crippen LogP contribution in [0.5, 0.6) is 17.2 Å². The number of benzene rings is 3. The van der Waals surface area contributed by atoms with Gasteiger partial charge in [-0.05, 0) is 74.4 Å². The Bertz CT molecular complexity index is 1190. The van der Waals surface area contributed by atoms with Crippen molar-refractivity contribution < 1.29 is 19.4 Å². The summed E-state index contributed by atoms with van der Waals surface area (Å²) in [5.74, 6) is 0.663. The third-order valence-electron chi connectivity index (χ3n) is 4.74. The van der Waals surface area contributed by atoms with Gasteiger partial charge in [0.05, 0.1) is 6.61 Å². The van der Waals surface area contributed by atoms with Crippen LogP contribution < -0.4 is 14.8 Å². The van der Waals surface area contributed by atoms with E-state index in [1.807, 2.05) is 26.8 Å². The number of hydrogen-bond donors (Lipinski definition) is 2. The summed E-state index contributed by atoms with van der Waals surface area (Å²) >= 11 is 0. The van der Waals surface area contributed by atoms with E-state index >= 15 is 0 Å². The molecule has 0 fully saturated rings. The topological polar surface area (TPSA) is 91.6 Å². The molecule has 0 unspecified atom stereocenters. The molecule has 0 aliphatic carbocycles. The molecule has 0 aliphatic heterocycles. The molecule has 0 bridgehead atoms. The van der Waals surface area contributed by atoms with Gasteiger partial charge in [-0.15, -0.1) is 0 Å². The largest absolute Gasteiger partial charge is 0.508 e. The minimum atomic E-state index is -0.545. The standard InChI is InChI=1S/C27H26N2O4/c1-4-32-26-15-20(5-10-25(26)33-17-21-12-18(2)11-19(3)13-21)14-22(16-28)27(31)29-23-6-8-24(30)9-7-23/h5-15,30H,4,17H2,1-3H3,(H,29,31)/b22-14+. The number of ether oxygens (including phenoxy) is 2. The number of anilines is 1. The highest BCUT2D eigenvalue weighted by atomic mass is 16.5. The first-order valence-corrected chi connectivity index (χ1v) is 10.6. The first kappa shape index (κ1) is 23.4. The van der Waals surface area contributed by atoms with Gasteiger partial charge in [0.1, 0.15) is 24.0 Å². The van der Waals surface area contributed by atoms with Gasteiger partial charge in [0.2, 0.25) is 0 Å². The maximum absolute atomic E-state index is 12.5. The summed E-state index contributed by atoms with van der Waals surface area (Å²) in [6.45, 7) is 6.82. The zero-order valence-electron chi connectivity index (χ0n) is 18.9. The van der Waals surface area contributed by atoms with Crippen LogP contribution in [-0.4, -0.2) is 17.6 Å². The number of nitrogens with one attached hydrogen (secondary N) is 1. The van der Waals surface area contributed by atoms with Crippen molar-refractivity contribution in [2.75, 3.05) is 11.9 Å². The van der Waals surface area contributed by atoms with E-state index in [1.165, 1.54) is 29.3 Å². The second-order valence-electron chi connectivity index (χ2n) is 7.59. The second kappa shape index (κ2) is 10.9. The van der Waals surface area contributed by atoms with Crippen molar-refractivity contribution in [3.05, 3.63) is 88.5 Å². The maximum Gasteiger partial charge on any atom is 0.266 e. The molecular weight excluding hydrogens is 416 g/mol. The van der Waals surface area contributed by atoms with E-state index in [4.69, 9.17) is 9.47 Å². The summed E-state index contributed by atoms with van der Waals surface area (Å²) in [5.41, 5.74) is 4.46. The molecule has 3 aromatic rings. The van der Waals surface area contributed by atoms with E-state index in [1.54, 1.807) is 30.3 Å². The highest BCUT2D eigenvalue weighted by Gasteiger charge is 2.12. The van der Waals surface area contributed by atoms with E-state index in [9.17, 15) is 15.2 Å². The fourth-order valence-electron chi connectivity index (χ4n) is 3.37. The minimum absolute atomic E-state index is 0.0607. The van der Waals surface area contributed by atoms with Crippen molar-refractivity contribution in [2.45, 2.75) is 27.4 Å². The number of carbonyl (C=O) groups is 1. The van der Waals surface area contributed by atoms with Crippen LogP contribution in [0.1, 0.15) is 29.2 Å². The molecular formula is C27H26N2O4. The van der Waals surface area contributed by atoms with Crippen molar-refractivity contribution in [3.8, 4) is 23.3 Å². The molecule has 0 aliphatic rings. The number of phenolic OH excluding ortho intramolecular Hbond substituents is 1. The lowest BCUT2D eigenvalue weighted by atomic mass is 10.1. The van der Waals surface area contributed by atoms with Crippen LogP contribution in [0.25, 0.3) is 6.08 Å². The van der Waals surface area contributed by atoms with E-state index < -0.39 is 5.91 Å². The zero-order chi connectivity index (χ0) is 23.8. The first-order valence-electron chi connectivity index (χ1n) is 10.6. The van der Waals surface area contributed by atoms with Crippen LogP contribution in [0.4, 0.5) is 5.69 Å². The Kier molecular flexibility index (Phi) is 7.72. The SMILES string of the molecule is CCOc1cc(/C=C(\C#N)C(=O)Nc2ccc(O)cc2)ccc1OCc1cc(C)cc(C)c1. The fraction of sp³-hybridized carbons (Fsp3) is 0.185. The van der Waals surface area contributed by atoms with Gasteiger partial charge < -0.3 is 19.9 Å². The van der Waals surface area contributed by atoms with E-state index in [-0.39, 0.29) is 11.3 Å². The number of carbonyl (C=O) groups excluding carboxylic acids is 1. The van der Waals surface area contributed by atoms with Crippen molar-refractivity contribution in [1.82, 2.24) is 0 Å². The van der Waals surface area contributed by atoms with Gasteiger partial charge in [-0.25, -0.2) is 0 Å². The summed E-state index contributed by atoms with van der Waals surface area (Å²) in [4.78, 5) is 12.5. The highest BCUT2D eigenvalue weighted by molar-refractivity contribution is 6.09. The van der Waals surface area contributed by atoms with Crippen molar-refractivity contribution in [3.63, 3.8) is 0 Å². The molecule has 0 spiro atoms. The molecule has 0 radical (unpaired) electrons. The molecule has 0 atom stereocenters. The van der Waals surface area contributed by atoms with Gasteiger partial charge in [-0.1, -0.05) is 35.4 Å². The lowest BCUT2D eigenvalue weighted by Crippen LogP contribution is -2.13. The number of hydrogen-bond acceptors (Lipinski definition) is 5. The summed E-state index contributed by atoms with van der Waals surface area (Å²) in [5, 5.41) is 21.5. The molecule has 0 aromatic heterocycles. The Morgan fingerprint density at radius 3 is 2.33 bits per heavy atom. The molecule has 3 aromatic carbocycles. The van der Waals surface area contributed by atoms with E-state index in [0.29, 0.717) is 36.0 Å². The van der Waals surface area contributed by atoms with Gasteiger partial charge in [0, 0.05) is 5.69 Å². The molecule has 33 heavy (non-hydrogen) atoms. The summed E-state index contributed by atoms with van der Waals surface area (Å²) in [6.07, 6.45) is 1.49. The van der Waals surface area contributed by atoms with Crippen molar-refractivity contribution >= 4 is 17.7 Å². The van der Waals surface area contributed by atoms with Gasteiger partial charge in [0.25, 0.3) is 5.91 Å². The second-order valence-corrected chi connectivity index (χ2v) is 7.59. The fourth-order valence-corrected chi connectivity index (χ4v) is 3.37. The average molecular weight is 443 g/mol. The normalized spacial score (nSPS) is 10.9. The third-order valence-corrected chi connectivity index (χ3v) is 4.74. The number of phenols is 1. The average Bonchev–Trinajstić information content (AvgIpc) is 2.78. The van der Waals surface area contributed by atoms with Crippen molar-refractivity contribution in [2.24, 2.45) is 0 Å². The molecule has 0 saturated heterocycles. The highest BCUT2D eigenvalue weighted by Crippen LogP contribution is 2.30. The van der Waals surface area contributed by atoms with Gasteiger partial charge in [-0.3, -0.25) is 4.79 Å². The smallest absolute Gasteiger partial charge is 0.266 e. The van der Waals surface area contributed by atoms with Crippen molar-refractivity contribution in [1.29, 1.82) is 5.26 Å². The number of nitriles is 1. The first-order chi connectivity index (χ1) is 15.9. The van der Waals surface area contributed by atoms with E-state index in [2.05, 4.69) is 23.5 Å². The molecule has 3 rings (SSSR count). The van der Waals surface area contributed by atoms with Gasteiger partial charge in [-0.2, -0.15) is 5.26 Å². The summed E-state index contributed by atoms with van der Waals surface area (Å²) in [6, 6.07) is 19.5. The molecule has 6 nitrogen and oxygen atoms in total. The lowest BCUT2D eigenvalue weighted by Gasteiger charge is -2.13. The molecule has 0 saturated carbocycles. The van der Waals surface area contributed by atoms with Crippen LogP contribution in [0.3, 0.4) is 0 Å². The molecule has 1 amide bonds. The Labute approximate surface area is 193 Å². The lowest BCUT2D eigenvalue weighted by molar-refractivity contribution is -0.112. The number of nitrogens with zero attached hydrogens (tertiary/aromatic N) is 1. The van der Waals surface area contributed by atoms with Gasteiger partial charge >= 0.3 is 0 Å². The molecule has 6 heteroatoms. The van der Waals surface area contributed by atoms with Crippen LogP contribution in [0, 0.1) is 25.2 Å². The zero-order valence-corrected chi connectivity index (χ0v) is 18.9. The summed E-state index contributed by atoms with van der Waals surface area (Å²) in [7, 11) is 0. The number of aromatic hydroxyl groups is 1. The predicted molar refractivity (Wildman–Crippen MR) is 128 cm³/mol. The quantitative estimate of drug-likeness (QED) is 0.272. The number of amides is 1. The Balaban J connectivity index is 1.78. The Hall–Kier alpha value is -4.24. The maximum atomic E-state index is 12.5. The number of rotatable bonds is 8. The Morgan fingerprint density at radius 2 is 1.70 bits per heavy atom. The third kappa shape index (κ3) is 6.62.